The van der Waals surface area contributed by atoms with Crippen LogP contribution in [0.2, 0.25) is 0 Å². The largest absolute Gasteiger partial charge is 0.491 e. The first-order valence-corrected chi connectivity index (χ1v) is 16.3. The van der Waals surface area contributed by atoms with Crippen LogP contribution < -0.4 is 14.5 Å². The zero-order chi connectivity index (χ0) is 37.6. The Morgan fingerprint density at radius 3 is 2.17 bits per heavy atom. The molecule has 0 bridgehead atoms. The number of alkyl halides is 2. The van der Waals surface area contributed by atoms with Crippen molar-refractivity contribution in [1.82, 2.24) is 0 Å². The van der Waals surface area contributed by atoms with Gasteiger partial charge in [-0.3, -0.25) is 29.3 Å². The lowest BCUT2D eigenvalue weighted by atomic mass is 9.56. The average molecular weight is 766 g/mol. The molecule has 0 unspecified atom stereocenters. The molecule has 4 aliphatic rings. The summed E-state index contributed by atoms with van der Waals surface area (Å²) in [4.78, 5) is 62.5. The van der Waals surface area contributed by atoms with Gasteiger partial charge in [0, 0.05) is 23.6 Å². The lowest BCUT2D eigenvalue weighted by molar-refractivity contribution is -0.384. The maximum atomic E-state index is 15.3. The molecule has 2 aliphatic carbocycles. The van der Waals surface area contributed by atoms with Crippen molar-refractivity contribution in [2.75, 3.05) is 23.0 Å². The van der Waals surface area contributed by atoms with Crippen LogP contribution in [0.3, 0.4) is 0 Å². The molecule has 3 fully saturated rings. The molecule has 2 saturated heterocycles. The summed E-state index contributed by atoms with van der Waals surface area (Å²) in [5.74, 6) is -22.6. The molecule has 0 spiro atoms. The van der Waals surface area contributed by atoms with Crippen LogP contribution in [-0.4, -0.2) is 56.6 Å². The summed E-state index contributed by atoms with van der Waals surface area (Å²) in [5, 5.41) is 21.0. The van der Waals surface area contributed by atoms with E-state index < -0.39 is 115 Å². The van der Waals surface area contributed by atoms with Gasteiger partial charge in [-0.2, -0.15) is 0 Å². The molecule has 11 nitrogen and oxygen atoms in total. The zero-order valence-electron chi connectivity index (χ0n) is 26.1. The second-order valence-electron chi connectivity index (χ2n) is 12.6. The van der Waals surface area contributed by atoms with Crippen LogP contribution in [0.4, 0.5) is 39.0 Å². The molecule has 7 rings (SSSR count). The number of carbonyl (C=O) groups excluding carboxylic acids is 4. The number of aliphatic hydroxyl groups excluding tert-OH is 1. The molecule has 18 heteroatoms. The number of amides is 4. The summed E-state index contributed by atoms with van der Waals surface area (Å²) in [6.07, 6.45) is 0.620. The molecule has 270 valence electrons. The second-order valence-corrected chi connectivity index (χ2v) is 13.8. The highest BCUT2D eigenvalue weighted by Crippen LogP contribution is 2.66. The van der Waals surface area contributed by atoms with Crippen molar-refractivity contribution in [3.8, 4) is 5.75 Å². The quantitative estimate of drug-likeness (QED) is 0.0490. The van der Waals surface area contributed by atoms with E-state index in [2.05, 4.69) is 0 Å². The molecule has 6 atom stereocenters. The van der Waals surface area contributed by atoms with E-state index in [1.807, 2.05) is 0 Å². The SMILES string of the molecule is O=C1[C@H]2[C@H](CC=C3[C@H]2C[C@@]2(Cl)C(=O)N(c4c(F)c(F)c(F)c(F)c4F)C(=O)[C@@]2(Cl)[C@H]3c2ccccc2OCCO)C(=O)N1c1cccc([N+](=O)[O-])c1. The van der Waals surface area contributed by atoms with Crippen molar-refractivity contribution in [3.05, 3.63) is 105 Å². The summed E-state index contributed by atoms with van der Waals surface area (Å²) in [5.41, 5.74) is -2.23. The van der Waals surface area contributed by atoms with Crippen LogP contribution in [0.5, 0.6) is 5.75 Å². The maximum absolute atomic E-state index is 15.3. The summed E-state index contributed by atoms with van der Waals surface area (Å²) in [6.45, 7) is -0.762. The predicted octanol–water partition coefficient (Wildman–Crippen LogP) is 5.43. The van der Waals surface area contributed by atoms with Crippen molar-refractivity contribution in [1.29, 1.82) is 0 Å². The van der Waals surface area contributed by atoms with Crippen LogP contribution in [0, 0.1) is 57.0 Å². The fourth-order valence-corrected chi connectivity index (χ4v) is 8.85. The number of rotatable bonds is 7. The van der Waals surface area contributed by atoms with Crippen molar-refractivity contribution >= 4 is 63.9 Å². The van der Waals surface area contributed by atoms with E-state index in [0.717, 1.165) is 17.0 Å². The minimum Gasteiger partial charge on any atom is -0.491 e. The van der Waals surface area contributed by atoms with E-state index in [0.29, 0.717) is 0 Å². The van der Waals surface area contributed by atoms with Gasteiger partial charge in [0.05, 0.1) is 29.1 Å². The van der Waals surface area contributed by atoms with Gasteiger partial charge in [0.25, 0.3) is 17.5 Å². The summed E-state index contributed by atoms with van der Waals surface area (Å²) in [6, 6.07) is 10.6. The van der Waals surface area contributed by atoms with Crippen LogP contribution in [0.1, 0.15) is 24.3 Å². The maximum Gasteiger partial charge on any atom is 0.271 e. The van der Waals surface area contributed by atoms with E-state index >= 15 is 8.78 Å². The number of anilines is 2. The number of ether oxygens (including phenoxy) is 1. The molecule has 2 aliphatic heterocycles. The standard InChI is InChI=1S/C34H22Cl2F5N3O8/c35-33-13-19-16(8-9-18-21(19)30(47)42(29(18)46)14-4-3-5-15(12-14)44(50)51)22(17-6-1-2-7-20(17)52-11-10-45)34(33,36)32(49)43(31(33)48)28-26(40)24(38)23(37)25(39)27(28)41/h1-8,12,18-19,21-22,45H,9-11,13H2/t18-,19+,21-,22+,33+,34-/m0/s1. The fraction of sp³-hybridized carbons (Fsp3) is 0.294. The predicted molar refractivity (Wildman–Crippen MR) is 171 cm³/mol. The van der Waals surface area contributed by atoms with Gasteiger partial charge in [0.2, 0.25) is 17.6 Å². The summed E-state index contributed by atoms with van der Waals surface area (Å²) < 4.78 is 79.2. The van der Waals surface area contributed by atoms with Crippen LogP contribution >= 0.6 is 23.2 Å². The highest BCUT2D eigenvalue weighted by atomic mass is 35.5. The zero-order valence-corrected chi connectivity index (χ0v) is 27.6. The minimum absolute atomic E-state index is 0.00811. The van der Waals surface area contributed by atoms with E-state index in [1.54, 1.807) is 0 Å². The van der Waals surface area contributed by atoms with Crippen molar-refractivity contribution < 1.29 is 55.9 Å². The Labute approximate surface area is 299 Å². The normalized spacial score (nSPS) is 28.1. The summed E-state index contributed by atoms with van der Waals surface area (Å²) >= 11 is 14.3. The number of halogens is 7. The number of nitro benzene ring substituents is 1. The van der Waals surface area contributed by atoms with Crippen molar-refractivity contribution in [3.63, 3.8) is 0 Å². The topological polar surface area (TPSA) is 147 Å². The van der Waals surface area contributed by atoms with Gasteiger partial charge < -0.3 is 9.84 Å². The van der Waals surface area contributed by atoms with Crippen LogP contribution in [0.25, 0.3) is 0 Å². The van der Waals surface area contributed by atoms with E-state index in [-0.39, 0.29) is 40.5 Å². The first kappa shape index (κ1) is 35.5. The number of hydrogen-bond acceptors (Lipinski definition) is 8. The van der Waals surface area contributed by atoms with Gasteiger partial charge in [-0.15, -0.1) is 23.2 Å². The average Bonchev–Trinajstić information content (AvgIpc) is 3.47. The van der Waals surface area contributed by atoms with Crippen LogP contribution in [-0.2, 0) is 19.2 Å². The van der Waals surface area contributed by atoms with Gasteiger partial charge in [0.1, 0.15) is 18.0 Å². The minimum atomic E-state index is -2.77. The third-order valence-corrected chi connectivity index (χ3v) is 11.5. The van der Waals surface area contributed by atoms with E-state index in [9.17, 15) is 47.6 Å². The number of aliphatic hydroxyl groups is 1. The molecule has 0 radical (unpaired) electrons. The number of benzene rings is 3. The van der Waals surface area contributed by atoms with Gasteiger partial charge in [-0.25, -0.2) is 31.8 Å². The Kier molecular flexibility index (Phi) is 8.42. The number of carbonyl (C=O) groups is 4. The molecule has 3 aromatic carbocycles. The lowest BCUT2D eigenvalue weighted by Crippen LogP contribution is -2.60. The highest BCUT2D eigenvalue weighted by molar-refractivity contribution is 6.58. The molecule has 1 N–H and O–H groups in total. The second kappa shape index (κ2) is 12.3. The van der Waals surface area contributed by atoms with E-state index in [4.69, 9.17) is 27.9 Å². The molecule has 2 heterocycles. The smallest absolute Gasteiger partial charge is 0.271 e. The number of non-ortho nitro benzene ring substituents is 1. The number of fused-ring (bicyclic) bond motifs is 4. The number of allylic oxidation sites excluding steroid dienone is 2. The molecule has 1 saturated carbocycles. The van der Waals surface area contributed by atoms with Gasteiger partial charge in [0.15, 0.2) is 33.0 Å². The van der Waals surface area contributed by atoms with Crippen molar-refractivity contribution in [2.45, 2.75) is 28.5 Å². The Hall–Kier alpha value is -4.93. The Morgan fingerprint density at radius 1 is 0.865 bits per heavy atom. The Bertz CT molecular complexity index is 2140. The van der Waals surface area contributed by atoms with E-state index in [1.165, 1.54) is 42.5 Å². The highest BCUT2D eigenvalue weighted by Gasteiger charge is 2.77. The lowest BCUT2D eigenvalue weighted by Gasteiger charge is -2.50. The molecular formula is C34H22Cl2F5N3O8. The third kappa shape index (κ3) is 4.66. The molecule has 3 aromatic rings. The van der Waals surface area contributed by atoms with Gasteiger partial charge >= 0.3 is 0 Å². The Balaban J connectivity index is 1.43. The molecule has 4 amide bonds. The molecule has 0 aromatic heterocycles. The summed E-state index contributed by atoms with van der Waals surface area (Å²) in [7, 11) is 0. The number of imide groups is 2. The molecule has 52 heavy (non-hydrogen) atoms. The van der Waals surface area contributed by atoms with Gasteiger partial charge in [-0.05, 0) is 30.9 Å². The fourth-order valence-electron chi connectivity index (χ4n) is 7.92. The van der Waals surface area contributed by atoms with Crippen LogP contribution in [0.15, 0.2) is 60.2 Å². The first-order valence-electron chi connectivity index (χ1n) is 15.5. The van der Waals surface area contributed by atoms with Crippen molar-refractivity contribution in [2.24, 2.45) is 17.8 Å². The number of nitro groups is 1. The third-order valence-electron chi connectivity index (χ3n) is 10.1. The number of nitrogens with zero attached hydrogens (tertiary/aromatic N) is 3. The van der Waals surface area contributed by atoms with Gasteiger partial charge in [-0.1, -0.05) is 35.9 Å². The Morgan fingerprint density at radius 2 is 1.52 bits per heavy atom. The first-order chi connectivity index (χ1) is 24.6. The number of para-hydroxylation sites is 1. The molecular weight excluding hydrogens is 744 g/mol. The number of hydrogen-bond donors (Lipinski definition) is 1. The monoisotopic (exact) mass is 765 g/mol.